The van der Waals surface area contributed by atoms with Gasteiger partial charge in [0, 0.05) is 26.1 Å². The molecule has 2 atom stereocenters. The minimum Gasteiger partial charge on any atom is -0.372 e. The molecule has 2 unspecified atom stereocenters. The molecular weight excluding hydrogens is 168 g/mol. The lowest BCUT2D eigenvalue weighted by Gasteiger charge is -2.31. The lowest BCUT2D eigenvalue weighted by molar-refractivity contribution is -0.119. The summed E-state index contributed by atoms with van der Waals surface area (Å²) >= 11 is 0. The van der Waals surface area contributed by atoms with E-state index in [1.54, 1.807) is 0 Å². The number of rotatable bonds is 3. The number of carbonyl (C=O) groups excluding carboxylic acids is 1. The average molecular weight is 184 g/mol. The second-order valence-electron chi connectivity index (χ2n) is 3.93. The highest BCUT2D eigenvalue weighted by molar-refractivity contribution is 5.73. The maximum atomic E-state index is 10.6. The third-order valence-electron chi connectivity index (χ3n) is 2.79. The summed E-state index contributed by atoms with van der Waals surface area (Å²) in [7, 11) is 0. The van der Waals surface area contributed by atoms with Crippen molar-refractivity contribution < 1.29 is 9.53 Å². The molecule has 2 heterocycles. The molecule has 2 fully saturated rings. The van der Waals surface area contributed by atoms with Crippen LogP contribution in [0.1, 0.15) is 19.3 Å². The van der Waals surface area contributed by atoms with Crippen LogP contribution in [0.3, 0.4) is 0 Å². The zero-order valence-electron chi connectivity index (χ0n) is 7.74. The molecule has 0 radical (unpaired) electrons. The molecule has 2 N–H and O–H groups in total. The molecule has 2 rings (SSSR count). The molecule has 0 aromatic carbocycles. The molecule has 4 heteroatoms. The summed E-state index contributed by atoms with van der Waals surface area (Å²) in [5.41, 5.74) is 5.10. The first kappa shape index (κ1) is 8.97. The summed E-state index contributed by atoms with van der Waals surface area (Å²) in [5.74, 6) is -0.209. The Kier molecular flexibility index (Phi) is 2.51. The molecule has 0 aromatic heterocycles. The number of likely N-dealkylation sites (tertiary alicyclic amines) is 1. The Balaban J connectivity index is 1.78. The van der Waals surface area contributed by atoms with Gasteiger partial charge in [0.05, 0.1) is 12.2 Å². The summed E-state index contributed by atoms with van der Waals surface area (Å²) in [6, 6.07) is 0. The molecule has 0 aliphatic carbocycles. The van der Waals surface area contributed by atoms with Crippen molar-refractivity contribution in [2.75, 3.05) is 19.6 Å². The predicted octanol–water partition coefficient (Wildman–Crippen LogP) is -0.275. The minimum atomic E-state index is -0.209. The summed E-state index contributed by atoms with van der Waals surface area (Å²) in [6.07, 6.45) is 3.65. The Hall–Kier alpha value is -0.610. The second-order valence-corrected chi connectivity index (χ2v) is 3.93. The average Bonchev–Trinajstić information content (AvgIpc) is 2.42. The van der Waals surface area contributed by atoms with Crippen molar-refractivity contribution in [3.8, 4) is 0 Å². The van der Waals surface area contributed by atoms with E-state index in [9.17, 15) is 4.79 Å². The summed E-state index contributed by atoms with van der Waals surface area (Å²) in [6.45, 7) is 2.75. The fourth-order valence-corrected chi connectivity index (χ4v) is 2.15. The Morgan fingerprint density at radius 1 is 1.38 bits per heavy atom. The van der Waals surface area contributed by atoms with E-state index in [0.717, 1.165) is 19.6 Å². The number of primary amides is 1. The molecule has 0 aromatic rings. The third kappa shape index (κ3) is 2.19. The van der Waals surface area contributed by atoms with Gasteiger partial charge in [-0.1, -0.05) is 0 Å². The van der Waals surface area contributed by atoms with E-state index in [2.05, 4.69) is 4.90 Å². The van der Waals surface area contributed by atoms with Crippen LogP contribution >= 0.6 is 0 Å². The molecule has 2 aliphatic heterocycles. The highest BCUT2D eigenvalue weighted by Gasteiger charge is 2.33. The predicted molar refractivity (Wildman–Crippen MR) is 48.1 cm³/mol. The summed E-state index contributed by atoms with van der Waals surface area (Å²) in [4.78, 5) is 12.9. The van der Waals surface area contributed by atoms with Gasteiger partial charge in [0.1, 0.15) is 0 Å². The maximum absolute atomic E-state index is 10.6. The van der Waals surface area contributed by atoms with Crippen molar-refractivity contribution >= 4 is 5.91 Å². The number of morpholine rings is 1. The molecule has 74 valence electrons. The number of nitrogens with two attached hydrogens (primary N) is 1. The lowest BCUT2D eigenvalue weighted by atomic mass is 10.2. The van der Waals surface area contributed by atoms with Gasteiger partial charge >= 0.3 is 0 Å². The molecule has 2 saturated heterocycles. The van der Waals surface area contributed by atoms with E-state index in [0.29, 0.717) is 18.6 Å². The summed E-state index contributed by atoms with van der Waals surface area (Å²) < 4.78 is 5.68. The molecule has 0 spiro atoms. The van der Waals surface area contributed by atoms with Crippen molar-refractivity contribution in [3.05, 3.63) is 0 Å². The normalized spacial score (nSPS) is 33.5. The van der Waals surface area contributed by atoms with Gasteiger partial charge in [0.2, 0.25) is 5.91 Å². The highest BCUT2D eigenvalue weighted by Crippen LogP contribution is 2.25. The second kappa shape index (κ2) is 3.64. The fraction of sp³-hybridized carbons (Fsp3) is 0.889. The van der Waals surface area contributed by atoms with E-state index in [1.807, 2.05) is 0 Å². The quantitative estimate of drug-likeness (QED) is 0.656. The largest absolute Gasteiger partial charge is 0.372 e. The van der Waals surface area contributed by atoms with Crippen LogP contribution in [0.25, 0.3) is 0 Å². The smallest absolute Gasteiger partial charge is 0.218 e. The molecule has 1 amide bonds. The Morgan fingerprint density at radius 3 is 2.54 bits per heavy atom. The van der Waals surface area contributed by atoms with Gasteiger partial charge in [-0.15, -0.1) is 0 Å². The number of hydrogen-bond donors (Lipinski definition) is 1. The topological polar surface area (TPSA) is 55.6 Å². The van der Waals surface area contributed by atoms with Crippen LogP contribution in [-0.4, -0.2) is 42.6 Å². The number of carbonyl (C=O) groups is 1. The SMILES string of the molecule is NC(=O)CCN1CC2CCC(C1)O2. The van der Waals surface area contributed by atoms with Crippen LogP contribution in [0.2, 0.25) is 0 Å². The Bertz CT molecular complexity index is 196. The Morgan fingerprint density at radius 2 is 2.00 bits per heavy atom. The third-order valence-corrected chi connectivity index (χ3v) is 2.79. The van der Waals surface area contributed by atoms with Gasteiger partial charge in [-0.05, 0) is 12.8 Å². The van der Waals surface area contributed by atoms with Gasteiger partial charge in [-0.25, -0.2) is 0 Å². The zero-order valence-corrected chi connectivity index (χ0v) is 7.74. The maximum Gasteiger partial charge on any atom is 0.218 e. The van der Waals surface area contributed by atoms with Crippen molar-refractivity contribution in [2.45, 2.75) is 31.5 Å². The first-order chi connectivity index (χ1) is 6.24. The zero-order chi connectivity index (χ0) is 9.26. The van der Waals surface area contributed by atoms with Crippen LogP contribution in [0, 0.1) is 0 Å². The number of fused-ring (bicyclic) bond motifs is 2. The van der Waals surface area contributed by atoms with Crippen molar-refractivity contribution in [1.82, 2.24) is 4.90 Å². The van der Waals surface area contributed by atoms with E-state index in [4.69, 9.17) is 10.5 Å². The number of nitrogens with zero attached hydrogens (tertiary/aromatic N) is 1. The molecule has 2 bridgehead atoms. The van der Waals surface area contributed by atoms with Crippen molar-refractivity contribution in [1.29, 1.82) is 0 Å². The minimum absolute atomic E-state index is 0.209. The fourth-order valence-electron chi connectivity index (χ4n) is 2.15. The van der Waals surface area contributed by atoms with Crippen LogP contribution in [0.5, 0.6) is 0 Å². The van der Waals surface area contributed by atoms with Gasteiger partial charge in [-0.2, -0.15) is 0 Å². The van der Waals surface area contributed by atoms with Crippen molar-refractivity contribution in [3.63, 3.8) is 0 Å². The number of amides is 1. The van der Waals surface area contributed by atoms with E-state index in [1.165, 1.54) is 12.8 Å². The molecule has 2 aliphatic rings. The number of ether oxygens (including phenoxy) is 1. The van der Waals surface area contributed by atoms with Gasteiger partial charge in [-0.3, -0.25) is 9.69 Å². The van der Waals surface area contributed by atoms with Crippen molar-refractivity contribution in [2.24, 2.45) is 5.73 Å². The van der Waals surface area contributed by atoms with E-state index in [-0.39, 0.29) is 5.91 Å². The first-order valence-corrected chi connectivity index (χ1v) is 4.90. The van der Waals surface area contributed by atoms with Crippen LogP contribution < -0.4 is 5.73 Å². The molecule has 13 heavy (non-hydrogen) atoms. The first-order valence-electron chi connectivity index (χ1n) is 4.90. The highest BCUT2D eigenvalue weighted by atomic mass is 16.5. The van der Waals surface area contributed by atoms with Crippen LogP contribution in [0.4, 0.5) is 0 Å². The summed E-state index contributed by atoms with van der Waals surface area (Å²) in [5, 5.41) is 0. The van der Waals surface area contributed by atoms with Gasteiger partial charge in [0.25, 0.3) is 0 Å². The number of hydrogen-bond acceptors (Lipinski definition) is 3. The lowest BCUT2D eigenvalue weighted by Crippen LogP contribution is -2.43. The monoisotopic (exact) mass is 184 g/mol. The van der Waals surface area contributed by atoms with E-state index < -0.39 is 0 Å². The molecule has 0 saturated carbocycles. The van der Waals surface area contributed by atoms with Gasteiger partial charge in [0.15, 0.2) is 0 Å². The van der Waals surface area contributed by atoms with Gasteiger partial charge < -0.3 is 10.5 Å². The molecule has 4 nitrogen and oxygen atoms in total. The van der Waals surface area contributed by atoms with Crippen LogP contribution in [0.15, 0.2) is 0 Å². The van der Waals surface area contributed by atoms with E-state index >= 15 is 0 Å². The standard InChI is InChI=1S/C9H16N2O2/c10-9(12)3-4-11-5-7-1-2-8(6-11)13-7/h7-8H,1-6H2,(H2,10,12). The Labute approximate surface area is 78.0 Å². The molecular formula is C9H16N2O2. The van der Waals surface area contributed by atoms with Crippen LogP contribution in [-0.2, 0) is 9.53 Å².